The largest absolute Gasteiger partial charge is 0.313 e. The van der Waals surface area contributed by atoms with Gasteiger partial charge in [-0.15, -0.1) is 0 Å². The number of benzene rings is 1. The SMILES string of the molecule is CC1(CNC2CC(c3ccccc3Cl)C2)CC1. The summed E-state index contributed by atoms with van der Waals surface area (Å²) in [7, 11) is 0. The van der Waals surface area contributed by atoms with E-state index in [4.69, 9.17) is 11.6 Å². The molecule has 1 aromatic carbocycles. The van der Waals surface area contributed by atoms with Crippen LogP contribution < -0.4 is 5.32 Å². The lowest BCUT2D eigenvalue weighted by Crippen LogP contribution is -2.42. The van der Waals surface area contributed by atoms with Gasteiger partial charge in [0.25, 0.3) is 0 Å². The van der Waals surface area contributed by atoms with Gasteiger partial charge in [0, 0.05) is 17.6 Å². The minimum atomic E-state index is 0.621. The maximum Gasteiger partial charge on any atom is 0.0440 e. The van der Waals surface area contributed by atoms with Gasteiger partial charge >= 0.3 is 0 Å². The maximum atomic E-state index is 6.22. The predicted molar refractivity (Wildman–Crippen MR) is 72.6 cm³/mol. The summed E-state index contributed by atoms with van der Waals surface area (Å²) in [5, 5.41) is 4.63. The zero-order chi connectivity index (χ0) is 11.9. The summed E-state index contributed by atoms with van der Waals surface area (Å²) < 4.78 is 0. The Bertz CT molecular complexity index is 405. The Morgan fingerprint density at radius 3 is 2.65 bits per heavy atom. The number of rotatable bonds is 4. The molecule has 92 valence electrons. The van der Waals surface area contributed by atoms with Crippen LogP contribution in [0.3, 0.4) is 0 Å². The second-order valence-corrected chi connectivity index (χ2v) is 6.49. The molecule has 0 unspecified atom stereocenters. The van der Waals surface area contributed by atoms with E-state index in [1.807, 2.05) is 12.1 Å². The van der Waals surface area contributed by atoms with Gasteiger partial charge in [-0.05, 0) is 48.6 Å². The molecule has 1 aromatic rings. The topological polar surface area (TPSA) is 12.0 Å². The molecule has 1 N–H and O–H groups in total. The van der Waals surface area contributed by atoms with Crippen molar-refractivity contribution in [2.45, 2.75) is 44.6 Å². The van der Waals surface area contributed by atoms with Crippen LogP contribution >= 0.6 is 11.6 Å². The normalized spacial score (nSPS) is 29.8. The quantitative estimate of drug-likeness (QED) is 0.851. The van der Waals surface area contributed by atoms with Crippen LogP contribution in [0.25, 0.3) is 0 Å². The van der Waals surface area contributed by atoms with Crippen LogP contribution in [0.15, 0.2) is 24.3 Å². The summed E-state index contributed by atoms with van der Waals surface area (Å²) in [5.41, 5.74) is 1.96. The molecule has 0 aromatic heterocycles. The van der Waals surface area contributed by atoms with E-state index in [-0.39, 0.29) is 0 Å². The van der Waals surface area contributed by atoms with E-state index in [2.05, 4.69) is 24.4 Å². The van der Waals surface area contributed by atoms with Crippen molar-refractivity contribution in [3.63, 3.8) is 0 Å². The molecule has 0 aliphatic heterocycles. The van der Waals surface area contributed by atoms with Crippen molar-refractivity contribution < 1.29 is 0 Å². The van der Waals surface area contributed by atoms with Crippen molar-refractivity contribution in [2.75, 3.05) is 6.54 Å². The van der Waals surface area contributed by atoms with E-state index in [1.165, 1.54) is 37.8 Å². The molecule has 0 bridgehead atoms. The van der Waals surface area contributed by atoms with Gasteiger partial charge in [0.1, 0.15) is 0 Å². The fraction of sp³-hybridized carbons (Fsp3) is 0.600. The van der Waals surface area contributed by atoms with E-state index in [1.54, 1.807) is 0 Å². The Morgan fingerprint density at radius 2 is 2.00 bits per heavy atom. The van der Waals surface area contributed by atoms with E-state index < -0.39 is 0 Å². The summed E-state index contributed by atoms with van der Waals surface area (Å²) in [6, 6.07) is 8.99. The number of nitrogens with one attached hydrogen (secondary N) is 1. The van der Waals surface area contributed by atoms with Crippen LogP contribution in [0.5, 0.6) is 0 Å². The van der Waals surface area contributed by atoms with Crippen LogP contribution in [-0.4, -0.2) is 12.6 Å². The highest BCUT2D eigenvalue weighted by Gasteiger charge is 2.39. The highest BCUT2D eigenvalue weighted by molar-refractivity contribution is 6.31. The first kappa shape index (κ1) is 11.6. The van der Waals surface area contributed by atoms with Crippen molar-refractivity contribution in [1.82, 2.24) is 5.32 Å². The highest BCUT2D eigenvalue weighted by atomic mass is 35.5. The summed E-state index contributed by atoms with van der Waals surface area (Å²) in [4.78, 5) is 0. The van der Waals surface area contributed by atoms with Gasteiger partial charge in [-0.1, -0.05) is 36.7 Å². The van der Waals surface area contributed by atoms with Gasteiger partial charge in [-0.2, -0.15) is 0 Å². The van der Waals surface area contributed by atoms with Crippen molar-refractivity contribution in [1.29, 1.82) is 0 Å². The summed E-state index contributed by atoms with van der Waals surface area (Å²) in [6.45, 7) is 3.58. The van der Waals surface area contributed by atoms with E-state index in [0.29, 0.717) is 17.4 Å². The highest BCUT2D eigenvalue weighted by Crippen LogP contribution is 2.45. The zero-order valence-electron chi connectivity index (χ0n) is 10.4. The molecule has 1 nitrogen and oxygen atoms in total. The van der Waals surface area contributed by atoms with Gasteiger partial charge in [0.2, 0.25) is 0 Å². The predicted octanol–water partition coefficient (Wildman–Crippen LogP) is 3.98. The first-order valence-corrected chi connectivity index (χ1v) is 7.02. The lowest BCUT2D eigenvalue weighted by molar-refractivity contribution is 0.275. The van der Waals surface area contributed by atoms with Gasteiger partial charge in [0.15, 0.2) is 0 Å². The van der Waals surface area contributed by atoms with Crippen LogP contribution in [0.2, 0.25) is 5.02 Å². The molecular formula is C15H20ClN. The van der Waals surface area contributed by atoms with Gasteiger partial charge < -0.3 is 5.32 Å². The molecule has 0 atom stereocenters. The number of hydrogen-bond acceptors (Lipinski definition) is 1. The smallest absolute Gasteiger partial charge is 0.0440 e. The standard InChI is InChI=1S/C15H20ClN/c1-15(6-7-15)10-17-12-8-11(9-12)13-4-2-3-5-14(13)16/h2-5,11-12,17H,6-10H2,1H3. The molecule has 0 radical (unpaired) electrons. The average Bonchev–Trinajstić information content (AvgIpc) is 2.97. The zero-order valence-corrected chi connectivity index (χ0v) is 11.1. The van der Waals surface area contributed by atoms with Crippen LogP contribution in [0, 0.1) is 5.41 Å². The average molecular weight is 250 g/mol. The van der Waals surface area contributed by atoms with E-state index in [0.717, 1.165) is 5.02 Å². The molecule has 0 amide bonds. The minimum Gasteiger partial charge on any atom is -0.313 e. The molecular weight excluding hydrogens is 230 g/mol. The maximum absolute atomic E-state index is 6.22. The van der Waals surface area contributed by atoms with Gasteiger partial charge in [-0.25, -0.2) is 0 Å². The molecule has 2 aliphatic carbocycles. The Kier molecular flexibility index (Phi) is 2.92. The first-order valence-electron chi connectivity index (χ1n) is 6.64. The lowest BCUT2D eigenvalue weighted by Gasteiger charge is -2.37. The first-order chi connectivity index (χ1) is 8.16. The third kappa shape index (κ3) is 2.51. The lowest BCUT2D eigenvalue weighted by atomic mass is 9.75. The summed E-state index contributed by atoms with van der Waals surface area (Å²) >= 11 is 6.22. The molecule has 0 heterocycles. The van der Waals surface area contributed by atoms with Crippen molar-refractivity contribution in [2.24, 2.45) is 5.41 Å². The molecule has 2 fully saturated rings. The van der Waals surface area contributed by atoms with Gasteiger partial charge in [-0.3, -0.25) is 0 Å². The summed E-state index contributed by atoms with van der Waals surface area (Å²) in [5.74, 6) is 0.674. The summed E-state index contributed by atoms with van der Waals surface area (Å²) in [6.07, 6.45) is 5.31. The van der Waals surface area contributed by atoms with Crippen LogP contribution in [0.4, 0.5) is 0 Å². The minimum absolute atomic E-state index is 0.621. The van der Waals surface area contributed by atoms with E-state index >= 15 is 0 Å². The van der Waals surface area contributed by atoms with Gasteiger partial charge in [0.05, 0.1) is 0 Å². The second kappa shape index (κ2) is 4.29. The molecule has 0 spiro atoms. The molecule has 2 heteroatoms. The Labute approximate surface area is 109 Å². The monoisotopic (exact) mass is 249 g/mol. The van der Waals surface area contributed by atoms with Crippen LogP contribution in [-0.2, 0) is 0 Å². The number of halogens is 1. The number of hydrogen-bond donors (Lipinski definition) is 1. The molecule has 0 saturated heterocycles. The fourth-order valence-electron chi connectivity index (χ4n) is 2.63. The van der Waals surface area contributed by atoms with Crippen molar-refractivity contribution >= 4 is 11.6 Å². The fourth-order valence-corrected chi connectivity index (χ4v) is 2.92. The molecule has 2 saturated carbocycles. The molecule has 17 heavy (non-hydrogen) atoms. The molecule has 3 rings (SSSR count). The molecule has 2 aliphatic rings. The third-order valence-electron chi connectivity index (χ3n) is 4.40. The Balaban J connectivity index is 1.49. The van der Waals surface area contributed by atoms with E-state index in [9.17, 15) is 0 Å². The third-order valence-corrected chi connectivity index (χ3v) is 4.75. The van der Waals surface area contributed by atoms with Crippen molar-refractivity contribution in [3.05, 3.63) is 34.9 Å². The Hall–Kier alpha value is -0.530. The van der Waals surface area contributed by atoms with Crippen molar-refractivity contribution in [3.8, 4) is 0 Å². The van der Waals surface area contributed by atoms with Crippen LogP contribution in [0.1, 0.15) is 44.1 Å². The Morgan fingerprint density at radius 1 is 1.29 bits per heavy atom. The second-order valence-electron chi connectivity index (χ2n) is 6.08.